The predicted octanol–water partition coefficient (Wildman–Crippen LogP) is 3.00. The third-order valence-corrected chi connectivity index (χ3v) is 6.27. The minimum Gasteiger partial charge on any atom is -0.349 e. The summed E-state index contributed by atoms with van der Waals surface area (Å²) in [6.07, 6.45) is 5.21. The van der Waals surface area contributed by atoms with Crippen molar-refractivity contribution in [3.05, 3.63) is 71.3 Å². The molecule has 162 valence electrons. The lowest BCUT2D eigenvalue weighted by Crippen LogP contribution is -2.43. The van der Waals surface area contributed by atoms with Crippen molar-refractivity contribution in [2.24, 2.45) is 0 Å². The zero-order valence-corrected chi connectivity index (χ0v) is 18.1. The second-order valence-electron chi connectivity index (χ2n) is 7.71. The Hall–Kier alpha value is -3.57. The molecular weight excluding hydrogens is 424 g/mol. The lowest BCUT2D eigenvalue weighted by Gasteiger charge is -2.21. The monoisotopic (exact) mass is 446 g/mol. The Balaban J connectivity index is 1.35. The van der Waals surface area contributed by atoms with Crippen molar-refractivity contribution < 1.29 is 14.4 Å². The fraction of sp³-hybridized carbons (Fsp3) is 0.250. The van der Waals surface area contributed by atoms with Crippen LogP contribution in [-0.2, 0) is 9.59 Å². The molecule has 1 heterocycles. The van der Waals surface area contributed by atoms with E-state index in [0.29, 0.717) is 34.5 Å². The van der Waals surface area contributed by atoms with E-state index in [9.17, 15) is 14.4 Å². The van der Waals surface area contributed by atoms with Gasteiger partial charge in [-0.3, -0.25) is 14.4 Å². The summed E-state index contributed by atoms with van der Waals surface area (Å²) in [5.41, 5.74) is 2.49. The number of nitrogens with zero attached hydrogens (tertiary/aromatic N) is 2. The average Bonchev–Trinajstić information content (AvgIpc) is 3.49. The van der Waals surface area contributed by atoms with Crippen molar-refractivity contribution in [3.8, 4) is 6.07 Å². The van der Waals surface area contributed by atoms with Crippen LogP contribution in [0.2, 0.25) is 0 Å². The first-order chi connectivity index (χ1) is 15.5. The number of amides is 3. The molecule has 4 rings (SSSR count). The van der Waals surface area contributed by atoms with Gasteiger partial charge in [-0.25, -0.2) is 0 Å². The van der Waals surface area contributed by atoms with Crippen molar-refractivity contribution in [1.29, 1.82) is 5.26 Å². The molecule has 1 aliphatic carbocycles. The summed E-state index contributed by atoms with van der Waals surface area (Å²) < 4.78 is 0. The molecule has 1 aliphatic heterocycles. The zero-order valence-electron chi connectivity index (χ0n) is 17.3. The molecule has 0 bridgehead atoms. The van der Waals surface area contributed by atoms with Crippen molar-refractivity contribution >= 4 is 41.2 Å². The Bertz CT molecular complexity index is 1090. The van der Waals surface area contributed by atoms with Crippen LogP contribution in [0.15, 0.2) is 54.6 Å². The molecule has 2 aromatic carbocycles. The van der Waals surface area contributed by atoms with Gasteiger partial charge in [-0.05, 0) is 60.9 Å². The molecule has 2 fully saturated rings. The molecule has 2 N–H and O–H groups in total. The number of rotatable bonds is 6. The van der Waals surface area contributed by atoms with Crippen LogP contribution in [0.1, 0.15) is 34.3 Å². The summed E-state index contributed by atoms with van der Waals surface area (Å²) in [4.78, 5) is 39.0. The topological polar surface area (TPSA) is 102 Å². The highest BCUT2D eigenvalue weighted by Crippen LogP contribution is 2.23. The SMILES string of the molecule is N#Cc1ccc(NC(=O)C2CSCN2C(=O)/C=C/c2ccc(C(=O)NC3CC3)cc2)cc1. The Morgan fingerprint density at radius 2 is 1.78 bits per heavy atom. The maximum absolute atomic E-state index is 12.7. The molecule has 0 aromatic heterocycles. The van der Waals surface area contributed by atoms with E-state index in [1.165, 1.54) is 22.7 Å². The van der Waals surface area contributed by atoms with E-state index < -0.39 is 6.04 Å². The molecule has 1 saturated carbocycles. The maximum atomic E-state index is 12.7. The molecule has 7 nitrogen and oxygen atoms in total. The smallest absolute Gasteiger partial charge is 0.251 e. The number of nitrogens with one attached hydrogen (secondary N) is 2. The molecule has 3 amide bonds. The number of nitriles is 1. The fourth-order valence-corrected chi connectivity index (χ4v) is 4.40. The molecule has 32 heavy (non-hydrogen) atoms. The number of hydrogen-bond acceptors (Lipinski definition) is 5. The number of carbonyl (C=O) groups excluding carboxylic acids is 3. The lowest BCUT2D eigenvalue weighted by atomic mass is 10.1. The Morgan fingerprint density at radius 1 is 1.06 bits per heavy atom. The van der Waals surface area contributed by atoms with Gasteiger partial charge in [0.25, 0.3) is 5.91 Å². The predicted molar refractivity (Wildman–Crippen MR) is 124 cm³/mol. The molecule has 1 saturated heterocycles. The minimum absolute atomic E-state index is 0.0793. The van der Waals surface area contributed by atoms with E-state index >= 15 is 0 Å². The molecule has 1 unspecified atom stereocenters. The molecule has 0 radical (unpaired) electrons. The van der Waals surface area contributed by atoms with Crippen molar-refractivity contribution in [1.82, 2.24) is 10.2 Å². The van der Waals surface area contributed by atoms with Crippen molar-refractivity contribution in [3.63, 3.8) is 0 Å². The van der Waals surface area contributed by atoms with Crippen LogP contribution in [0.3, 0.4) is 0 Å². The summed E-state index contributed by atoms with van der Waals surface area (Å²) in [7, 11) is 0. The second-order valence-corrected chi connectivity index (χ2v) is 8.70. The van der Waals surface area contributed by atoms with Gasteiger partial charge in [-0.15, -0.1) is 11.8 Å². The van der Waals surface area contributed by atoms with E-state index in [-0.39, 0.29) is 17.7 Å². The number of hydrogen-bond donors (Lipinski definition) is 2. The van der Waals surface area contributed by atoms with E-state index in [0.717, 1.165) is 18.4 Å². The Morgan fingerprint density at radius 3 is 2.44 bits per heavy atom. The van der Waals surface area contributed by atoms with Gasteiger partial charge in [0, 0.05) is 29.1 Å². The van der Waals surface area contributed by atoms with Crippen molar-refractivity contribution in [2.75, 3.05) is 16.9 Å². The highest BCUT2D eigenvalue weighted by atomic mass is 32.2. The summed E-state index contributed by atoms with van der Waals surface area (Å²) in [6, 6.07) is 15.4. The third-order valence-electron chi connectivity index (χ3n) is 5.25. The van der Waals surface area contributed by atoms with Gasteiger partial charge in [0.05, 0.1) is 17.5 Å². The molecule has 2 aliphatic rings. The van der Waals surface area contributed by atoms with Crippen LogP contribution in [0, 0.1) is 11.3 Å². The first-order valence-corrected chi connectivity index (χ1v) is 11.5. The van der Waals surface area contributed by atoms with E-state index in [1.807, 2.05) is 6.07 Å². The van der Waals surface area contributed by atoms with Crippen LogP contribution in [0.25, 0.3) is 6.08 Å². The number of anilines is 1. The standard InChI is InChI=1S/C24H22N4O3S/c25-13-17-3-8-19(9-4-17)27-24(31)21-14-32-15-28(21)22(29)12-5-16-1-6-18(7-2-16)23(30)26-20-10-11-20/h1-9,12,20-21H,10-11,14-15H2,(H,26,30)(H,27,31)/b12-5+. The molecular formula is C24H22N4O3S. The van der Waals surface area contributed by atoms with Gasteiger partial charge in [0.2, 0.25) is 11.8 Å². The van der Waals surface area contributed by atoms with Gasteiger partial charge in [-0.1, -0.05) is 12.1 Å². The maximum Gasteiger partial charge on any atom is 0.251 e. The summed E-state index contributed by atoms with van der Waals surface area (Å²) in [5, 5.41) is 14.6. The van der Waals surface area contributed by atoms with E-state index in [1.54, 1.807) is 54.6 Å². The number of thioether (sulfide) groups is 1. The van der Waals surface area contributed by atoms with Gasteiger partial charge in [-0.2, -0.15) is 5.26 Å². The summed E-state index contributed by atoms with van der Waals surface area (Å²) in [5.74, 6) is 0.379. The number of benzene rings is 2. The van der Waals surface area contributed by atoms with Crippen LogP contribution in [0.4, 0.5) is 5.69 Å². The van der Waals surface area contributed by atoms with Gasteiger partial charge in [0.1, 0.15) is 6.04 Å². The highest BCUT2D eigenvalue weighted by molar-refractivity contribution is 7.99. The Kier molecular flexibility index (Phi) is 6.57. The van der Waals surface area contributed by atoms with Gasteiger partial charge in [0.15, 0.2) is 0 Å². The molecule has 0 spiro atoms. The van der Waals surface area contributed by atoms with Crippen LogP contribution >= 0.6 is 11.8 Å². The Labute approximate surface area is 190 Å². The van der Waals surface area contributed by atoms with Crippen LogP contribution < -0.4 is 10.6 Å². The van der Waals surface area contributed by atoms with E-state index in [2.05, 4.69) is 10.6 Å². The van der Waals surface area contributed by atoms with Crippen molar-refractivity contribution in [2.45, 2.75) is 24.9 Å². The molecule has 1 atom stereocenters. The highest BCUT2D eigenvalue weighted by Gasteiger charge is 2.33. The summed E-state index contributed by atoms with van der Waals surface area (Å²) in [6.45, 7) is 0. The molecule has 8 heteroatoms. The van der Waals surface area contributed by atoms with Crippen LogP contribution in [0.5, 0.6) is 0 Å². The van der Waals surface area contributed by atoms with Crippen LogP contribution in [-0.4, -0.2) is 46.3 Å². The first kappa shape index (κ1) is 21.7. The van der Waals surface area contributed by atoms with Gasteiger partial charge >= 0.3 is 0 Å². The second kappa shape index (κ2) is 9.71. The minimum atomic E-state index is -0.568. The fourth-order valence-electron chi connectivity index (χ4n) is 3.24. The summed E-state index contributed by atoms with van der Waals surface area (Å²) >= 11 is 1.52. The third kappa shape index (κ3) is 5.37. The average molecular weight is 447 g/mol. The van der Waals surface area contributed by atoms with Gasteiger partial charge < -0.3 is 15.5 Å². The molecule has 2 aromatic rings. The zero-order chi connectivity index (χ0) is 22.5. The lowest BCUT2D eigenvalue weighted by molar-refractivity contribution is -0.132. The van der Waals surface area contributed by atoms with E-state index in [4.69, 9.17) is 5.26 Å². The largest absolute Gasteiger partial charge is 0.349 e. The number of carbonyl (C=O) groups is 3. The quantitative estimate of drug-likeness (QED) is 0.664. The first-order valence-electron chi connectivity index (χ1n) is 10.3. The normalized spacial score (nSPS) is 17.7.